The molecule has 0 unspecified atom stereocenters. The average Bonchev–Trinajstić information content (AvgIpc) is 3.36. The molecule has 2 heterocycles. The van der Waals surface area contributed by atoms with E-state index in [1.54, 1.807) is 0 Å². The predicted octanol–water partition coefficient (Wildman–Crippen LogP) is 3.61. The standard InChI is InChI=1S/C41H64O13/c1-36(2)14-16-41(35(49)50)17-15-39(6)20(21(41)18-36)8-9-24-38(5)12-11-25(37(3,4)23(38)10-13-40(24,39)7)52-34-29(46)27(44)30(31(54-34)32(47)48)53-33-28(45)26(43)22(19-42)51-33/h8,21-31,33-34,42-46H,9-19H2,1-7H3,(H,47,48)(H,49,50)/t21-,22+,23+,24-,25+,26-,27-,28+,29-,30+,31+,33+,34-,38+,39-,40-,41+/m1/s1. The van der Waals surface area contributed by atoms with Crippen LogP contribution in [0, 0.1) is 50.2 Å². The molecule has 0 aromatic heterocycles. The number of carboxylic acid groups (broad SMARTS) is 2. The van der Waals surface area contributed by atoms with Gasteiger partial charge in [0.2, 0.25) is 0 Å². The normalized spacial score (nSPS) is 52.2. The number of fused-ring (bicyclic) bond motifs is 7. The van der Waals surface area contributed by atoms with Crippen LogP contribution in [0.4, 0.5) is 0 Å². The lowest BCUT2D eigenvalue weighted by molar-refractivity contribution is -0.342. The van der Waals surface area contributed by atoms with Crippen molar-refractivity contribution in [1.29, 1.82) is 0 Å². The summed E-state index contributed by atoms with van der Waals surface area (Å²) in [4.78, 5) is 25.4. The lowest BCUT2D eigenvalue weighted by Crippen LogP contribution is -2.66. The van der Waals surface area contributed by atoms with Crippen LogP contribution in [0.5, 0.6) is 0 Å². The van der Waals surface area contributed by atoms with Crippen LogP contribution in [-0.4, -0.2) is 116 Å². The number of aliphatic hydroxyl groups excluding tert-OH is 5. The van der Waals surface area contributed by atoms with E-state index in [0.717, 1.165) is 51.4 Å². The first kappa shape index (κ1) is 40.5. The lowest BCUT2D eigenvalue weighted by Gasteiger charge is -2.71. The Bertz CT molecular complexity index is 1510. The second kappa shape index (κ2) is 13.4. The highest BCUT2D eigenvalue weighted by Crippen LogP contribution is 2.76. The molecule has 7 N–H and O–H groups in total. The first-order valence-corrected chi connectivity index (χ1v) is 20.2. The Balaban J connectivity index is 1.10. The van der Waals surface area contributed by atoms with Crippen molar-refractivity contribution in [3.05, 3.63) is 11.6 Å². The van der Waals surface area contributed by atoms with Crippen molar-refractivity contribution >= 4 is 11.9 Å². The van der Waals surface area contributed by atoms with Gasteiger partial charge < -0.3 is 54.7 Å². The number of ether oxygens (including phenoxy) is 4. The highest BCUT2D eigenvalue weighted by Gasteiger charge is 2.69. The summed E-state index contributed by atoms with van der Waals surface area (Å²) >= 11 is 0. The number of carboxylic acids is 2. The van der Waals surface area contributed by atoms with Gasteiger partial charge in [-0.2, -0.15) is 0 Å². The summed E-state index contributed by atoms with van der Waals surface area (Å²) in [5.74, 6) is -1.50. The van der Waals surface area contributed by atoms with Crippen LogP contribution in [0.25, 0.3) is 0 Å². The summed E-state index contributed by atoms with van der Waals surface area (Å²) < 4.78 is 23.3. The van der Waals surface area contributed by atoms with Crippen molar-refractivity contribution < 1.29 is 64.3 Å². The molecule has 13 nitrogen and oxygen atoms in total. The summed E-state index contributed by atoms with van der Waals surface area (Å²) in [6, 6.07) is 0. The molecule has 54 heavy (non-hydrogen) atoms. The van der Waals surface area contributed by atoms with Crippen LogP contribution in [0.3, 0.4) is 0 Å². The molecule has 6 fully saturated rings. The first-order valence-electron chi connectivity index (χ1n) is 20.2. The van der Waals surface area contributed by atoms with Crippen molar-refractivity contribution in [1.82, 2.24) is 0 Å². The fraction of sp³-hybridized carbons (Fsp3) is 0.902. The van der Waals surface area contributed by atoms with Crippen molar-refractivity contribution in [3.63, 3.8) is 0 Å². The van der Waals surface area contributed by atoms with Crippen molar-refractivity contribution in [2.75, 3.05) is 6.61 Å². The molecule has 13 heteroatoms. The SMILES string of the molecule is CC1(C)CC[C@]2(C(=O)O)CC[C@]3(C)C(=CC[C@@H]4[C@@]5(C)CC[C@H](O[C@@H]6O[C@H](C(=O)O)[C@@H](O[C@@H]7O[C@@H](CO)[C@@H](O)[C@@H]7O)[C@H](O)[C@H]6O)C(C)(C)[C@@H]5CC[C@]43C)[C@H]2C1. The summed E-state index contributed by atoms with van der Waals surface area (Å²) in [6.07, 6.45) is -3.88. The molecule has 0 spiro atoms. The quantitative estimate of drug-likeness (QED) is 0.146. The minimum absolute atomic E-state index is 0.0291. The third-order valence-electron chi connectivity index (χ3n) is 16.9. The highest BCUT2D eigenvalue weighted by molar-refractivity contribution is 5.76. The van der Waals surface area contributed by atoms with Crippen LogP contribution >= 0.6 is 0 Å². The molecule has 306 valence electrons. The minimum atomic E-state index is -1.80. The van der Waals surface area contributed by atoms with Gasteiger partial charge in [-0.3, -0.25) is 4.79 Å². The van der Waals surface area contributed by atoms with Crippen molar-refractivity contribution in [2.24, 2.45) is 50.2 Å². The maximum atomic E-state index is 13.0. The molecule has 5 aliphatic carbocycles. The van der Waals surface area contributed by atoms with Gasteiger partial charge >= 0.3 is 11.9 Å². The molecule has 2 saturated heterocycles. The zero-order valence-electron chi connectivity index (χ0n) is 32.9. The summed E-state index contributed by atoms with van der Waals surface area (Å²) in [7, 11) is 0. The van der Waals surface area contributed by atoms with Crippen molar-refractivity contribution in [3.8, 4) is 0 Å². The van der Waals surface area contributed by atoms with Gasteiger partial charge in [-0.1, -0.05) is 60.1 Å². The molecule has 7 aliphatic rings. The lowest BCUT2D eigenvalue weighted by atomic mass is 9.33. The van der Waals surface area contributed by atoms with Gasteiger partial charge in [-0.25, -0.2) is 4.79 Å². The Morgan fingerprint density at radius 2 is 1.43 bits per heavy atom. The Labute approximate surface area is 318 Å². The molecule has 4 saturated carbocycles. The zero-order chi connectivity index (χ0) is 39.6. The molecule has 0 bridgehead atoms. The molecular formula is C41H64O13. The van der Waals surface area contributed by atoms with Crippen LogP contribution in [0.2, 0.25) is 0 Å². The Morgan fingerprint density at radius 3 is 2.06 bits per heavy atom. The molecular weight excluding hydrogens is 700 g/mol. The number of rotatable bonds is 7. The molecule has 7 rings (SSSR count). The Morgan fingerprint density at radius 1 is 0.778 bits per heavy atom. The van der Waals surface area contributed by atoms with E-state index in [0.29, 0.717) is 18.8 Å². The zero-order valence-corrected chi connectivity index (χ0v) is 32.9. The van der Waals surface area contributed by atoms with E-state index in [9.17, 15) is 45.3 Å². The summed E-state index contributed by atoms with van der Waals surface area (Å²) in [6.45, 7) is 15.6. The van der Waals surface area contributed by atoms with Gasteiger partial charge in [0.05, 0.1) is 18.1 Å². The second-order valence-electron chi connectivity index (χ2n) is 20.2. The molecule has 17 atom stereocenters. The summed E-state index contributed by atoms with van der Waals surface area (Å²) in [5.41, 5.74) is 0.157. The molecule has 0 amide bonds. The number of carbonyl (C=O) groups is 2. The van der Waals surface area contributed by atoms with E-state index >= 15 is 0 Å². The number of hydrogen-bond acceptors (Lipinski definition) is 11. The van der Waals surface area contributed by atoms with Gasteiger partial charge in [-0.15, -0.1) is 0 Å². The maximum Gasteiger partial charge on any atom is 0.335 e. The largest absolute Gasteiger partial charge is 0.481 e. The van der Waals surface area contributed by atoms with Crippen LogP contribution < -0.4 is 0 Å². The Hall–Kier alpha value is -1.68. The van der Waals surface area contributed by atoms with Crippen LogP contribution in [0.15, 0.2) is 11.6 Å². The predicted molar refractivity (Wildman–Crippen MR) is 192 cm³/mol. The minimum Gasteiger partial charge on any atom is -0.481 e. The van der Waals surface area contributed by atoms with Crippen LogP contribution in [-0.2, 0) is 28.5 Å². The first-order chi connectivity index (χ1) is 25.1. The fourth-order valence-electron chi connectivity index (χ4n) is 13.4. The fourth-order valence-corrected chi connectivity index (χ4v) is 13.4. The van der Waals surface area contributed by atoms with Crippen LogP contribution in [0.1, 0.15) is 113 Å². The number of aliphatic carboxylic acids is 2. The molecule has 0 aromatic rings. The molecule has 2 aliphatic heterocycles. The highest BCUT2D eigenvalue weighted by atomic mass is 16.7. The van der Waals surface area contributed by atoms with Gasteiger partial charge in [0.25, 0.3) is 0 Å². The smallest absolute Gasteiger partial charge is 0.335 e. The third kappa shape index (κ3) is 5.80. The van der Waals surface area contributed by atoms with Gasteiger partial charge in [0.1, 0.15) is 36.6 Å². The number of hydrogen-bond donors (Lipinski definition) is 7. The molecule has 0 aromatic carbocycles. The topological polar surface area (TPSA) is 213 Å². The number of allylic oxidation sites excluding steroid dienone is 2. The van der Waals surface area contributed by atoms with E-state index in [1.165, 1.54) is 5.57 Å². The second-order valence-corrected chi connectivity index (χ2v) is 20.2. The van der Waals surface area contributed by atoms with Crippen molar-refractivity contribution in [2.45, 2.75) is 174 Å². The maximum absolute atomic E-state index is 13.0. The van der Waals surface area contributed by atoms with E-state index in [1.807, 2.05) is 0 Å². The summed E-state index contributed by atoms with van der Waals surface area (Å²) in [5, 5.41) is 73.2. The van der Waals surface area contributed by atoms with E-state index in [2.05, 4.69) is 54.5 Å². The monoisotopic (exact) mass is 764 g/mol. The average molecular weight is 765 g/mol. The Kier molecular flexibility index (Phi) is 10.1. The third-order valence-corrected chi connectivity index (χ3v) is 16.9. The number of aliphatic hydroxyl groups is 5. The van der Waals surface area contributed by atoms with Gasteiger partial charge in [0.15, 0.2) is 18.7 Å². The van der Waals surface area contributed by atoms with E-state index in [-0.39, 0.29) is 33.5 Å². The van der Waals surface area contributed by atoms with Gasteiger partial charge in [-0.05, 0) is 109 Å². The molecule has 0 radical (unpaired) electrons. The van der Waals surface area contributed by atoms with Gasteiger partial charge in [0, 0.05) is 0 Å². The van der Waals surface area contributed by atoms with E-state index < -0.39 is 90.8 Å². The van der Waals surface area contributed by atoms with E-state index in [4.69, 9.17) is 18.9 Å².